The maximum atomic E-state index is 15.1. The van der Waals surface area contributed by atoms with Gasteiger partial charge in [0.15, 0.2) is 0 Å². The Kier molecular flexibility index (Phi) is 5.91. The van der Waals surface area contributed by atoms with E-state index >= 15 is 4.39 Å². The standard InChI is InChI=1S/C25H34FN5O2/c1-17-15-31(19-5-12-29(13-6-19)16-25(26)8-10-27-11-9-25)21-4-3-20(18(2)23(17)21)30-14-7-22(32)28-24(30)33/h3-4,15,19,27H,5-14,16H2,1-2H3,(H,28,32,33). The van der Waals surface area contributed by atoms with Gasteiger partial charge in [-0.2, -0.15) is 0 Å². The Hall–Kier alpha value is -2.45. The zero-order valence-corrected chi connectivity index (χ0v) is 19.6. The molecule has 3 aliphatic rings. The Bertz CT molecular complexity index is 1070. The van der Waals surface area contributed by atoms with Crippen molar-refractivity contribution in [2.45, 2.75) is 57.7 Å². The van der Waals surface area contributed by atoms with Crippen LogP contribution in [0.4, 0.5) is 14.9 Å². The highest BCUT2D eigenvalue weighted by atomic mass is 19.1. The van der Waals surface area contributed by atoms with Crippen LogP contribution in [0.5, 0.6) is 0 Å². The Balaban J connectivity index is 1.33. The summed E-state index contributed by atoms with van der Waals surface area (Å²) in [5.41, 5.74) is 3.25. The van der Waals surface area contributed by atoms with Gasteiger partial charge in [-0.3, -0.25) is 15.0 Å². The topological polar surface area (TPSA) is 69.6 Å². The van der Waals surface area contributed by atoms with Gasteiger partial charge in [0.25, 0.3) is 0 Å². The molecule has 3 saturated heterocycles. The number of aromatic nitrogens is 1. The average molecular weight is 456 g/mol. The van der Waals surface area contributed by atoms with Gasteiger partial charge in [0.05, 0.1) is 0 Å². The molecule has 0 atom stereocenters. The van der Waals surface area contributed by atoms with Crippen molar-refractivity contribution >= 4 is 28.5 Å². The summed E-state index contributed by atoms with van der Waals surface area (Å²) in [6, 6.07) is 4.15. The number of hydrogen-bond donors (Lipinski definition) is 2. The number of urea groups is 1. The van der Waals surface area contributed by atoms with Gasteiger partial charge in [0, 0.05) is 61.4 Å². The fourth-order valence-electron chi connectivity index (χ4n) is 5.92. The van der Waals surface area contributed by atoms with Crippen molar-refractivity contribution in [1.29, 1.82) is 0 Å². The first kappa shape index (κ1) is 22.3. The molecule has 178 valence electrons. The van der Waals surface area contributed by atoms with Crippen molar-refractivity contribution in [1.82, 2.24) is 20.1 Å². The van der Waals surface area contributed by atoms with Gasteiger partial charge in [0.2, 0.25) is 5.91 Å². The SMILES string of the molecule is Cc1cn(C2CCN(CC3(F)CCNCC3)CC2)c2ccc(N3CCC(=O)NC3=O)c(C)c12. The monoisotopic (exact) mass is 455 g/mol. The largest absolute Gasteiger partial charge is 0.344 e. The average Bonchev–Trinajstić information content (AvgIpc) is 3.12. The number of benzene rings is 1. The van der Waals surface area contributed by atoms with Crippen LogP contribution in [0.25, 0.3) is 10.9 Å². The number of imide groups is 1. The molecule has 0 bridgehead atoms. The van der Waals surface area contributed by atoms with Gasteiger partial charge < -0.3 is 14.8 Å². The summed E-state index contributed by atoms with van der Waals surface area (Å²) < 4.78 is 17.5. The Morgan fingerprint density at radius 1 is 1.09 bits per heavy atom. The van der Waals surface area contributed by atoms with E-state index in [2.05, 4.69) is 46.2 Å². The minimum atomic E-state index is -1.05. The minimum absolute atomic E-state index is 0.220. The first-order valence-electron chi connectivity index (χ1n) is 12.2. The number of nitrogens with one attached hydrogen (secondary N) is 2. The maximum absolute atomic E-state index is 15.1. The van der Waals surface area contributed by atoms with Crippen molar-refractivity contribution in [2.24, 2.45) is 0 Å². The zero-order valence-electron chi connectivity index (χ0n) is 19.6. The molecule has 2 aromatic rings. The summed E-state index contributed by atoms with van der Waals surface area (Å²) in [6.07, 6.45) is 5.78. The van der Waals surface area contributed by atoms with E-state index in [0.29, 0.717) is 38.4 Å². The molecule has 5 rings (SSSR count). The molecule has 3 aliphatic heterocycles. The second-order valence-corrected chi connectivity index (χ2v) is 9.99. The normalized spacial score (nSPS) is 22.7. The zero-order chi connectivity index (χ0) is 23.2. The van der Waals surface area contributed by atoms with Crippen molar-refractivity contribution in [2.75, 3.05) is 44.2 Å². The summed E-state index contributed by atoms with van der Waals surface area (Å²) in [5.74, 6) is -0.220. The highest BCUT2D eigenvalue weighted by Crippen LogP contribution is 2.36. The molecule has 4 heterocycles. The van der Waals surface area contributed by atoms with Crippen LogP contribution in [0.3, 0.4) is 0 Å². The molecule has 0 spiro atoms. The van der Waals surface area contributed by atoms with Crippen LogP contribution >= 0.6 is 0 Å². The van der Waals surface area contributed by atoms with E-state index in [4.69, 9.17) is 0 Å². The number of anilines is 1. The van der Waals surface area contributed by atoms with Gasteiger partial charge in [-0.1, -0.05) is 0 Å². The molecule has 7 nitrogen and oxygen atoms in total. The van der Waals surface area contributed by atoms with E-state index in [-0.39, 0.29) is 11.9 Å². The molecule has 33 heavy (non-hydrogen) atoms. The first-order chi connectivity index (χ1) is 15.8. The van der Waals surface area contributed by atoms with E-state index in [1.807, 2.05) is 6.07 Å². The molecule has 2 N–H and O–H groups in total. The predicted octanol–water partition coefficient (Wildman–Crippen LogP) is 3.43. The van der Waals surface area contributed by atoms with Crippen LogP contribution in [-0.2, 0) is 4.79 Å². The van der Waals surface area contributed by atoms with E-state index in [1.165, 1.54) is 16.5 Å². The quantitative estimate of drug-likeness (QED) is 0.741. The highest BCUT2D eigenvalue weighted by Gasteiger charge is 2.35. The van der Waals surface area contributed by atoms with Crippen LogP contribution in [0.2, 0.25) is 0 Å². The maximum Gasteiger partial charge on any atom is 0.328 e. The van der Waals surface area contributed by atoms with E-state index in [9.17, 15) is 9.59 Å². The van der Waals surface area contributed by atoms with Crippen LogP contribution in [-0.4, -0.2) is 66.3 Å². The summed E-state index contributed by atoms with van der Waals surface area (Å²) in [7, 11) is 0. The molecular formula is C25H34FN5O2. The number of carbonyl (C=O) groups is 2. The number of nitrogens with zero attached hydrogens (tertiary/aromatic N) is 3. The summed E-state index contributed by atoms with van der Waals surface area (Å²) in [5, 5.41) is 6.85. The summed E-state index contributed by atoms with van der Waals surface area (Å²) in [6.45, 7) is 8.52. The third kappa shape index (κ3) is 4.26. The van der Waals surface area contributed by atoms with Gasteiger partial charge in [-0.05, 0) is 75.9 Å². The molecule has 0 saturated carbocycles. The van der Waals surface area contributed by atoms with Gasteiger partial charge in [-0.15, -0.1) is 0 Å². The molecule has 0 unspecified atom stereocenters. The molecule has 8 heteroatoms. The van der Waals surface area contributed by atoms with Crippen LogP contribution in [0, 0.1) is 13.8 Å². The number of aryl methyl sites for hydroxylation is 2. The second-order valence-electron chi connectivity index (χ2n) is 9.99. The molecule has 3 fully saturated rings. The van der Waals surface area contributed by atoms with Crippen molar-refractivity contribution in [3.05, 3.63) is 29.5 Å². The lowest BCUT2D eigenvalue weighted by Crippen LogP contribution is -2.49. The molecule has 1 aromatic carbocycles. The molecule has 3 amide bonds. The number of piperidine rings is 2. The van der Waals surface area contributed by atoms with E-state index in [1.54, 1.807) is 4.90 Å². The molecule has 0 aliphatic carbocycles. The third-order valence-electron chi connectivity index (χ3n) is 7.72. The van der Waals surface area contributed by atoms with Gasteiger partial charge in [-0.25, -0.2) is 9.18 Å². The lowest BCUT2D eigenvalue weighted by Gasteiger charge is -2.39. The molecular weight excluding hydrogens is 421 g/mol. The smallest absolute Gasteiger partial charge is 0.328 e. The molecule has 1 aromatic heterocycles. The third-order valence-corrected chi connectivity index (χ3v) is 7.72. The molecule has 0 radical (unpaired) electrons. The lowest BCUT2D eigenvalue weighted by molar-refractivity contribution is -0.120. The summed E-state index contributed by atoms with van der Waals surface area (Å²) >= 11 is 0. The van der Waals surface area contributed by atoms with E-state index in [0.717, 1.165) is 50.3 Å². The van der Waals surface area contributed by atoms with Crippen molar-refractivity contribution in [3.8, 4) is 0 Å². The predicted molar refractivity (Wildman–Crippen MR) is 128 cm³/mol. The second kappa shape index (κ2) is 8.72. The number of rotatable bonds is 4. The number of alkyl halides is 1. The first-order valence-corrected chi connectivity index (χ1v) is 12.2. The fourth-order valence-corrected chi connectivity index (χ4v) is 5.92. The minimum Gasteiger partial charge on any atom is -0.344 e. The van der Waals surface area contributed by atoms with Crippen LogP contribution in [0.15, 0.2) is 18.3 Å². The van der Waals surface area contributed by atoms with Crippen molar-refractivity contribution in [3.63, 3.8) is 0 Å². The Labute approximate surface area is 194 Å². The van der Waals surface area contributed by atoms with E-state index < -0.39 is 5.67 Å². The number of hydrogen-bond acceptors (Lipinski definition) is 4. The Morgan fingerprint density at radius 3 is 2.52 bits per heavy atom. The number of halogens is 1. The van der Waals surface area contributed by atoms with Gasteiger partial charge >= 0.3 is 6.03 Å². The number of carbonyl (C=O) groups excluding carboxylic acids is 2. The number of fused-ring (bicyclic) bond motifs is 1. The van der Waals surface area contributed by atoms with Crippen LogP contribution < -0.4 is 15.5 Å². The lowest BCUT2D eigenvalue weighted by atomic mass is 9.92. The fraction of sp³-hybridized carbons (Fsp3) is 0.600. The summed E-state index contributed by atoms with van der Waals surface area (Å²) in [4.78, 5) is 27.9. The number of likely N-dealkylation sites (tertiary alicyclic amines) is 1. The van der Waals surface area contributed by atoms with Gasteiger partial charge in [0.1, 0.15) is 5.67 Å². The highest BCUT2D eigenvalue weighted by molar-refractivity contribution is 6.07. The Morgan fingerprint density at radius 2 is 1.82 bits per heavy atom. The van der Waals surface area contributed by atoms with Crippen molar-refractivity contribution < 1.29 is 14.0 Å². The van der Waals surface area contributed by atoms with Crippen LogP contribution in [0.1, 0.15) is 49.3 Å². The number of amides is 3.